The molecule has 0 aromatic carbocycles. The van der Waals surface area contributed by atoms with Crippen molar-refractivity contribution in [2.75, 3.05) is 0 Å². The van der Waals surface area contributed by atoms with Crippen molar-refractivity contribution in [1.82, 2.24) is 0 Å². The van der Waals surface area contributed by atoms with Gasteiger partial charge in [0.1, 0.15) is 0 Å². The Morgan fingerprint density at radius 2 is 1.69 bits per heavy atom. The molecule has 0 aliphatic heterocycles. The number of carboxylic acids is 2. The molecule has 0 fully saturated rings. The van der Waals surface area contributed by atoms with Gasteiger partial charge in [-0.05, 0) is 12.8 Å². The fraction of sp³-hybridized carbons (Fsp3) is 0.556. The molecule has 0 aliphatic carbocycles. The van der Waals surface area contributed by atoms with Crippen LogP contribution in [-0.4, -0.2) is 22.2 Å². The van der Waals surface area contributed by atoms with Crippen LogP contribution in [0.4, 0.5) is 0 Å². The lowest BCUT2D eigenvalue weighted by atomic mass is 9.88. The molecule has 0 amide bonds. The van der Waals surface area contributed by atoms with Gasteiger partial charge in [-0.2, -0.15) is 0 Å². The van der Waals surface area contributed by atoms with Crippen LogP contribution >= 0.6 is 0 Å². The molecular weight excluding hydrogens is 172 g/mol. The zero-order valence-corrected chi connectivity index (χ0v) is 7.94. The zero-order chi connectivity index (χ0) is 10.6. The van der Waals surface area contributed by atoms with Gasteiger partial charge in [0.15, 0.2) is 0 Å². The van der Waals surface area contributed by atoms with Gasteiger partial charge in [0.2, 0.25) is 0 Å². The molecule has 1 atom stereocenters. The first kappa shape index (κ1) is 11.7. The van der Waals surface area contributed by atoms with Crippen LogP contribution in [0.5, 0.6) is 0 Å². The standard InChI is InChI=1S/C9H14O4/c1-4-6(8(10)11)7(5(2)3)9(12)13/h4-5,7H,1-3H3,(H,10,11)(H,12,13). The van der Waals surface area contributed by atoms with Crippen LogP contribution in [-0.2, 0) is 9.59 Å². The minimum absolute atomic E-state index is 0.0532. The van der Waals surface area contributed by atoms with Crippen LogP contribution in [0, 0.1) is 11.8 Å². The highest BCUT2D eigenvalue weighted by atomic mass is 16.4. The Morgan fingerprint density at radius 3 is 1.77 bits per heavy atom. The smallest absolute Gasteiger partial charge is 0.332 e. The third kappa shape index (κ3) is 2.89. The maximum Gasteiger partial charge on any atom is 0.332 e. The number of allylic oxidation sites excluding steroid dienone is 1. The summed E-state index contributed by atoms with van der Waals surface area (Å²) in [6.45, 7) is 4.90. The van der Waals surface area contributed by atoms with E-state index in [0.717, 1.165) is 0 Å². The molecule has 0 radical (unpaired) electrons. The van der Waals surface area contributed by atoms with Crippen molar-refractivity contribution < 1.29 is 19.8 Å². The van der Waals surface area contributed by atoms with E-state index < -0.39 is 17.9 Å². The van der Waals surface area contributed by atoms with Gasteiger partial charge in [0, 0.05) is 5.57 Å². The van der Waals surface area contributed by atoms with Crippen LogP contribution in [0.15, 0.2) is 11.6 Å². The van der Waals surface area contributed by atoms with E-state index in [1.807, 2.05) is 0 Å². The van der Waals surface area contributed by atoms with Gasteiger partial charge in [0.25, 0.3) is 0 Å². The minimum atomic E-state index is -1.16. The molecule has 74 valence electrons. The van der Waals surface area contributed by atoms with Gasteiger partial charge in [-0.3, -0.25) is 4.79 Å². The molecule has 0 rings (SSSR count). The Balaban J connectivity index is 4.93. The minimum Gasteiger partial charge on any atom is -0.481 e. The summed E-state index contributed by atoms with van der Waals surface area (Å²) in [5.41, 5.74) is -0.0532. The van der Waals surface area contributed by atoms with E-state index in [9.17, 15) is 9.59 Å². The third-order valence-corrected chi connectivity index (χ3v) is 1.83. The number of hydrogen-bond donors (Lipinski definition) is 2. The summed E-state index contributed by atoms with van der Waals surface area (Å²) < 4.78 is 0. The Morgan fingerprint density at radius 1 is 1.23 bits per heavy atom. The van der Waals surface area contributed by atoms with E-state index in [1.165, 1.54) is 13.0 Å². The Hall–Kier alpha value is -1.32. The SMILES string of the molecule is CC=C(C(=O)O)C(C(=O)O)C(C)C. The highest BCUT2D eigenvalue weighted by Gasteiger charge is 2.29. The van der Waals surface area contributed by atoms with Crippen LogP contribution in [0.25, 0.3) is 0 Å². The lowest BCUT2D eigenvalue weighted by Crippen LogP contribution is -2.25. The molecule has 0 bridgehead atoms. The average Bonchev–Trinajstić information content (AvgIpc) is 1.97. The monoisotopic (exact) mass is 186 g/mol. The number of aliphatic carboxylic acids is 2. The third-order valence-electron chi connectivity index (χ3n) is 1.83. The lowest BCUT2D eigenvalue weighted by Gasteiger charge is -2.16. The van der Waals surface area contributed by atoms with Crippen LogP contribution in [0.1, 0.15) is 20.8 Å². The number of hydrogen-bond acceptors (Lipinski definition) is 2. The van der Waals surface area contributed by atoms with Crippen molar-refractivity contribution in [2.24, 2.45) is 11.8 Å². The molecule has 0 aromatic rings. The second-order valence-corrected chi connectivity index (χ2v) is 3.11. The van der Waals surface area contributed by atoms with Crippen LogP contribution < -0.4 is 0 Å². The van der Waals surface area contributed by atoms with Gasteiger partial charge in [-0.15, -0.1) is 0 Å². The second-order valence-electron chi connectivity index (χ2n) is 3.11. The van der Waals surface area contributed by atoms with Crippen molar-refractivity contribution in [3.63, 3.8) is 0 Å². The Bertz CT molecular complexity index is 240. The van der Waals surface area contributed by atoms with Gasteiger partial charge in [-0.1, -0.05) is 19.9 Å². The summed E-state index contributed by atoms with van der Waals surface area (Å²) in [5.74, 6) is -3.41. The normalized spacial score (nSPS) is 14.3. The maximum atomic E-state index is 10.7. The maximum absolute atomic E-state index is 10.7. The predicted molar refractivity (Wildman–Crippen MR) is 47.4 cm³/mol. The van der Waals surface area contributed by atoms with E-state index in [4.69, 9.17) is 10.2 Å². The lowest BCUT2D eigenvalue weighted by molar-refractivity contribution is -0.145. The largest absolute Gasteiger partial charge is 0.481 e. The first-order valence-electron chi connectivity index (χ1n) is 4.04. The van der Waals surface area contributed by atoms with Crippen molar-refractivity contribution >= 4 is 11.9 Å². The Labute approximate surface area is 76.9 Å². The zero-order valence-electron chi connectivity index (χ0n) is 7.94. The topological polar surface area (TPSA) is 74.6 Å². The van der Waals surface area contributed by atoms with Crippen molar-refractivity contribution in [3.8, 4) is 0 Å². The van der Waals surface area contributed by atoms with E-state index in [1.54, 1.807) is 13.8 Å². The number of carboxylic acid groups (broad SMARTS) is 2. The van der Waals surface area contributed by atoms with Crippen molar-refractivity contribution in [3.05, 3.63) is 11.6 Å². The summed E-state index contributed by atoms with van der Waals surface area (Å²) in [5, 5.41) is 17.5. The van der Waals surface area contributed by atoms with E-state index in [-0.39, 0.29) is 11.5 Å². The fourth-order valence-electron chi connectivity index (χ4n) is 1.21. The van der Waals surface area contributed by atoms with Gasteiger partial charge in [-0.25, -0.2) is 4.79 Å². The number of carbonyl (C=O) groups is 2. The van der Waals surface area contributed by atoms with Gasteiger partial charge < -0.3 is 10.2 Å². The first-order valence-corrected chi connectivity index (χ1v) is 4.04. The Kier molecular flexibility index (Phi) is 4.17. The molecule has 0 spiro atoms. The van der Waals surface area contributed by atoms with E-state index in [2.05, 4.69) is 0 Å². The van der Waals surface area contributed by atoms with Crippen molar-refractivity contribution in [2.45, 2.75) is 20.8 Å². The van der Waals surface area contributed by atoms with Crippen LogP contribution in [0.3, 0.4) is 0 Å². The predicted octanol–water partition coefficient (Wildman–Crippen LogP) is 1.37. The van der Waals surface area contributed by atoms with E-state index in [0.29, 0.717) is 0 Å². The molecule has 0 aromatic heterocycles. The molecule has 2 N–H and O–H groups in total. The fourth-order valence-corrected chi connectivity index (χ4v) is 1.21. The van der Waals surface area contributed by atoms with Gasteiger partial charge in [0.05, 0.1) is 5.92 Å². The molecule has 4 nitrogen and oxygen atoms in total. The van der Waals surface area contributed by atoms with E-state index >= 15 is 0 Å². The molecule has 0 saturated heterocycles. The molecule has 0 saturated carbocycles. The summed E-state index contributed by atoms with van der Waals surface area (Å²) in [6, 6.07) is 0. The molecular formula is C9H14O4. The highest BCUT2D eigenvalue weighted by molar-refractivity contribution is 5.93. The average molecular weight is 186 g/mol. The quantitative estimate of drug-likeness (QED) is 0.650. The molecule has 0 aliphatic rings. The van der Waals surface area contributed by atoms with Gasteiger partial charge >= 0.3 is 11.9 Å². The summed E-state index contributed by atoms with van der Waals surface area (Å²) >= 11 is 0. The highest BCUT2D eigenvalue weighted by Crippen LogP contribution is 2.20. The summed E-state index contributed by atoms with van der Waals surface area (Å²) in [7, 11) is 0. The van der Waals surface area contributed by atoms with Crippen LogP contribution in [0.2, 0.25) is 0 Å². The molecule has 1 unspecified atom stereocenters. The summed E-state index contributed by atoms with van der Waals surface area (Å²) in [4.78, 5) is 21.4. The molecule has 13 heavy (non-hydrogen) atoms. The molecule has 4 heteroatoms. The molecule has 0 heterocycles. The second kappa shape index (κ2) is 4.64. The first-order chi connectivity index (χ1) is 5.91. The number of rotatable bonds is 4. The summed E-state index contributed by atoms with van der Waals surface area (Å²) in [6.07, 6.45) is 1.33. The van der Waals surface area contributed by atoms with Crippen molar-refractivity contribution in [1.29, 1.82) is 0 Å².